The number of carbonyl (C=O) groups excluding carboxylic acids is 1. The molecule has 1 rings (SSSR count). The van der Waals surface area contributed by atoms with Gasteiger partial charge in [0.25, 0.3) is 0 Å². The van der Waals surface area contributed by atoms with Crippen molar-refractivity contribution in [1.29, 1.82) is 0 Å². The lowest BCUT2D eigenvalue weighted by atomic mass is 9.86. The number of hydrogen-bond donors (Lipinski definition) is 3. The zero-order valence-corrected chi connectivity index (χ0v) is 12.4. The van der Waals surface area contributed by atoms with Gasteiger partial charge < -0.3 is 20.5 Å². The number of carboxylic acids is 1. The number of amides is 2. The maximum absolute atomic E-state index is 11.9. The van der Waals surface area contributed by atoms with Crippen LogP contribution in [0.15, 0.2) is 0 Å². The van der Waals surface area contributed by atoms with Crippen molar-refractivity contribution >= 4 is 12.0 Å². The fourth-order valence-corrected chi connectivity index (χ4v) is 2.59. The first-order chi connectivity index (χ1) is 9.54. The molecule has 1 aliphatic carbocycles. The quantitative estimate of drug-likeness (QED) is 0.622. The molecule has 116 valence electrons. The monoisotopic (exact) mass is 286 g/mol. The Bertz CT molecular complexity index is 322. The second-order valence-electron chi connectivity index (χ2n) is 5.51. The maximum Gasteiger partial charge on any atom is 0.326 e. The Morgan fingerprint density at radius 1 is 1.35 bits per heavy atom. The van der Waals surface area contributed by atoms with E-state index in [2.05, 4.69) is 17.6 Å². The lowest BCUT2D eigenvalue weighted by molar-refractivity contribution is -0.139. The molecule has 0 saturated heterocycles. The minimum absolute atomic E-state index is 0.150. The third kappa shape index (κ3) is 5.77. The molecule has 0 bridgehead atoms. The van der Waals surface area contributed by atoms with Gasteiger partial charge in [-0.3, -0.25) is 0 Å². The average Bonchev–Trinajstić information content (AvgIpc) is 2.40. The van der Waals surface area contributed by atoms with Crippen LogP contribution in [0.25, 0.3) is 0 Å². The summed E-state index contributed by atoms with van der Waals surface area (Å²) >= 11 is 0. The van der Waals surface area contributed by atoms with Gasteiger partial charge in [-0.05, 0) is 31.6 Å². The maximum atomic E-state index is 11.9. The number of rotatable bonds is 7. The van der Waals surface area contributed by atoms with E-state index in [1.807, 2.05) is 0 Å². The molecule has 3 unspecified atom stereocenters. The highest BCUT2D eigenvalue weighted by Gasteiger charge is 2.25. The average molecular weight is 286 g/mol. The van der Waals surface area contributed by atoms with Crippen molar-refractivity contribution in [2.24, 2.45) is 5.92 Å². The van der Waals surface area contributed by atoms with Crippen LogP contribution in [-0.4, -0.2) is 42.9 Å². The molecular weight excluding hydrogens is 260 g/mol. The van der Waals surface area contributed by atoms with E-state index in [4.69, 9.17) is 9.84 Å². The number of ether oxygens (including phenoxy) is 1. The van der Waals surface area contributed by atoms with Crippen LogP contribution in [0.3, 0.4) is 0 Å². The number of aliphatic carboxylic acids is 1. The van der Waals surface area contributed by atoms with Gasteiger partial charge in [0.05, 0.1) is 0 Å². The first-order valence-electron chi connectivity index (χ1n) is 7.33. The summed E-state index contributed by atoms with van der Waals surface area (Å²) in [4.78, 5) is 23.0. The Morgan fingerprint density at radius 2 is 2.05 bits per heavy atom. The number of carbonyl (C=O) groups is 2. The second kappa shape index (κ2) is 8.79. The predicted molar refractivity (Wildman–Crippen MR) is 75.6 cm³/mol. The molecule has 0 aromatic rings. The molecule has 0 aliphatic heterocycles. The van der Waals surface area contributed by atoms with Crippen molar-refractivity contribution in [3.63, 3.8) is 0 Å². The van der Waals surface area contributed by atoms with E-state index < -0.39 is 12.0 Å². The summed E-state index contributed by atoms with van der Waals surface area (Å²) in [7, 11) is 1.57. The van der Waals surface area contributed by atoms with Crippen molar-refractivity contribution in [2.75, 3.05) is 13.7 Å². The fraction of sp³-hybridized carbons (Fsp3) is 0.857. The molecule has 1 aliphatic rings. The highest BCUT2D eigenvalue weighted by Crippen LogP contribution is 2.23. The molecule has 0 aromatic heterocycles. The smallest absolute Gasteiger partial charge is 0.326 e. The van der Waals surface area contributed by atoms with Crippen molar-refractivity contribution < 1.29 is 19.4 Å². The molecule has 0 radical (unpaired) electrons. The van der Waals surface area contributed by atoms with Crippen LogP contribution in [0.2, 0.25) is 0 Å². The second-order valence-corrected chi connectivity index (χ2v) is 5.51. The number of methoxy groups -OCH3 is 1. The molecule has 0 aromatic carbocycles. The molecule has 6 heteroatoms. The molecule has 3 atom stereocenters. The Kier molecular flexibility index (Phi) is 7.36. The lowest BCUT2D eigenvalue weighted by Crippen LogP contribution is -2.51. The van der Waals surface area contributed by atoms with E-state index in [1.54, 1.807) is 7.11 Å². The Labute approximate surface area is 120 Å². The Balaban J connectivity index is 2.38. The van der Waals surface area contributed by atoms with E-state index in [0.29, 0.717) is 25.4 Å². The van der Waals surface area contributed by atoms with E-state index >= 15 is 0 Å². The highest BCUT2D eigenvalue weighted by atomic mass is 16.5. The summed E-state index contributed by atoms with van der Waals surface area (Å²) < 4.78 is 4.89. The van der Waals surface area contributed by atoms with Gasteiger partial charge >= 0.3 is 12.0 Å². The van der Waals surface area contributed by atoms with Gasteiger partial charge in [0, 0.05) is 19.8 Å². The summed E-state index contributed by atoms with van der Waals surface area (Å²) in [5, 5.41) is 14.5. The van der Waals surface area contributed by atoms with Crippen molar-refractivity contribution in [3.05, 3.63) is 0 Å². The number of nitrogens with one attached hydrogen (secondary N) is 2. The molecule has 1 fully saturated rings. The third-order valence-corrected chi connectivity index (χ3v) is 3.87. The number of carboxylic acid groups (broad SMARTS) is 1. The fourth-order valence-electron chi connectivity index (χ4n) is 2.59. The van der Waals surface area contributed by atoms with Crippen LogP contribution in [0.4, 0.5) is 4.79 Å². The summed E-state index contributed by atoms with van der Waals surface area (Å²) in [5.41, 5.74) is 0. The van der Waals surface area contributed by atoms with Crippen molar-refractivity contribution in [2.45, 2.75) is 57.5 Å². The van der Waals surface area contributed by atoms with Gasteiger partial charge in [-0.1, -0.05) is 19.8 Å². The molecule has 20 heavy (non-hydrogen) atoms. The third-order valence-electron chi connectivity index (χ3n) is 3.87. The first-order valence-corrected chi connectivity index (χ1v) is 7.33. The van der Waals surface area contributed by atoms with Crippen LogP contribution >= 0.6 is 0 Å². The SMILES string of the molecule is COCCCC(NC(=O)NC1CCCCC1C)C(=O)O. The van der Waals surface area contributed by atoms with Crippen LogP contribution in [0, 0.1) is 5.92 Å². The lowest BCUT2D eigenvalue weighted by Gasteiger charge is -2.30. The van der Waals surface area contributed by atoms with Gasteiger partial charge in [-0.25, -0.2) is 9.59 Å². The van der Waals surface area contributed by atoms with Crippen LogP contribution in [-0.2, 0) is 9.53 Å². The minimum atomic E-state index is -1.01. The molecule has 3 N–H and O–H groups in total. The number of urea groups is 1. The minimum Gasteiger partial charge on any atom is -0.480 e. The molecule has 6 nitrogen and oxygen atoms in total. The van der Waals surface area contributed by atoms with E-state index in [9.17, 15) is 9.59 Å². The summed E-state index contributed by atoms with van der Waals surface area (Å²) in [5.74, 6) is -0.556. The molecule has 0 heterocycles. The summed E-state index contributed by atoms with van der Waals surface area (Å²) in [6.07, 6.45) is 5.38. The predicted octanol–water partition coefficient (Wildman–Crippen LogP) is 1.74. The van der Waals surface area contributed by atoms with Crippen molar-refractivity contribution in [1.82, 2.24) is 10.6 Å². The van der Waals surface area contributed by atoms with Crippen molar-refractivity contribution in [3.8, 4) is 0 Å². The standard InChI is InChI=1S/C14H26N2O4/c1-10-6-3-4-7-11(10)15-14(19)16-12(13(17)18)8-5-9-20-2/h10-12H,3-9H2,1-2H3,(H,17,18)(H2,15,16,19). The van der Waals surface area contributed by atoms with Crippen LogP contribution < -0.4 is 10.6 Å². The largest absolute Gasteiger partial charge is 0.480 e. The molecular formula is C14H26N2O4. The van der Waals surface area contributed by atoms with Gasteiger partial charge in [0.2, 0.25) is 0 Å². The molecule has 2 amide bonds. The Morgan fingerprint density at radius 3 is 2.65 bits per heavy atom. The highest BCUT2D eigenvalue weighted by molar-refractivity contribution is 5.82. The normalized spacial score (nSPS) is 23.9. The zero-order chi connectivity index (χ0) is 15.0. The van der Waals surface area contributed by atoms with Gasteiger partial charge in [0.15, 0.2) is 0 Å². The van der Waals surface area contributed by atoms with Crippen LogP contribution in [0.5, 0.6) is 0 Å². The molecule has 1 saturated carbocycles. The molecule has 0 spiro atoms. The van der Waals surface area contributed by atoms with Gasteiger partial charge in [-0.2, -0.15) is 0 Å². The summed E-state index contributed by atoms with van der Waals surface area (Å²) in [6.45, 7) is 2.62. The van der Waals surface area contributed by atoms with E-state index in [-0.39, 0.29) is 12.1 Å². The van der Waals surface area contributed by atoms with E-state index in [0.717, 1.165) is 19.3 Å². The zero-order valence-electron chi connectivity index (χ0n) is 12.4. The van der Waals surface area contributed by atoms with Gasteiger partial charge in [0.1, 0.15) is 6.04 Å². The Hall–Kier alpha value is -1.30. The first kappa shape index (κ1) is 16.8. The van der Waals surface area contributed by atoms with Crippen LogP contribution in [0.1, 0.15) is 45.4 Å². The summed E-state index contributed by atoms with van der Waals surface area (Å²) in [6, 6.07) is -1.09. The van der Waals surface area contributed by atoms with E-state index in [1.165, 1.54) is 6.42 Å². The number of hydrogen-bond acceptors (Lipinski definition) is 3. The topological polar surface area (TPSA) is 87.7 Å². The van der Waals surface area contributed by atoms with Gasteiger partial charge in [-0.15, -0.1) is 0 Å².